The molecule has 1 aliphatic rings. The molecule has 5 nitrogen and oxygen atoms in total. The molecule has 144 valence electrons. The van der Waals surface area contributed by atoms with Crippen molar-refractivity contribution in [1.82, 2.24) is 10.6 Å². The number of benzene rings is 2. The predicted molar refractivity (Wildman–Crippen MR) is 124 cm³/mol. The number of hydrogen-bond donors (Lipinski definition) is 3. The van der Waals surface area contributed by atoms with Gasteiger partial charge in [-0.3, -0.25) is 9.79 Å². The summed E-state index contributed by atoms with van der Waals surface area (Å²) in [6, 6.07) is 15.7. The first-order valence-corrected chi connectivity index (χ1v) is 9.42. The number of primary amides is 1. The number of amides is 1. The molecular weight excluding hydrogens is 519 g/mol. The van der Waals surface area contributed by atoms with Crippen LogP contribution in [0.3, 0.4) is 0 Å². The predicted octanol–water partition coefficient (Wildman–Crippen LogP) is 3.56. The first-order valence-electron chi connectivity index (χ1n) is 8.62. The van der Waals surface area contributed by atoms with Gasteiger partial charge < -0.3 is 16.4 Å². The minimum Gasteiger partial charge on any atom is -0.366 e. The van der Waals surface area contributed by atoms with Gasteiger partial charge in [0.2, 0.25) is 5.91 Å². The van der Waals surface area contributed by atoms with Crippen LogP contribution in [0.25, 0.3) is 0 Å². The Bertz CT molecular complexity index is 836. The van der Waals surface area contributed by atoms with Crippen molar-refractivity contribution in [2.45, 2.75) is 24.8 Å². The smallest absolute Gasteiger partial charge is 0.248 e. The lowest BCUT2D eigenvalue weighted by atomic mass is 9.96. The summed E-state index contributed by atoms with van der Waals surface area (Å²) < 4.78 is 1.16. The highest BCUT2D eigenvalue weighted by atomic mass is 127. The van der Waals surface area contributed by atoms with E-state index < -0.39 is 5.91 Å². The minimum absolute atomic E-state index is 0. The third-order valence-electron chi connectivity index (χ3n) is 4.79. The van der Waals surface area contributed by atoms with Gasteiger partial charge in [-0.05, 0) is 42.2 Å². The largest absolute Gasteiger partial charge is 0.366 e. The molecular formula is C20H24BrIN4O. The van der Waals surface area contributed by atoms with Crippen LogP contribution in [-0.4, -0.2) is 25.5 Å². The summed E-state index contributed by atoms with van der Waals surface area (Å²) in [6.45, 7) is 1.40. The summed E-state index contributed by atoms with van der Waals surface area (Å²) in [5.74, 6) is 0.325. The molecule has 3 rings (SSSR count). The molecule has 4 N–H and O–H groups in total. The molecule has 0 aliphatic heterocycles. The molecule has 0 atom stereocenters. The second kappa shape index (κ2) is 9.54. The van der Waals surface area contributed by atoms with Crippen molar-refractivity contribution in [2.24, 2.45) is 10.7 Å². The maximum atomic E-state index is 11.3. The van der Waals surface area contributed by atoms with Crippen LogP contribution >= 0.6 is 39.9 Å². The molecule has 0 unspecified atom stereocenters. The molecule has 2 aromatic carbocycles. The number of nitrogens with two attached hydrogens (primary N) is 1. The number of guanidine groups is 1. The standard InChI is InChI=1S/C20H23BrN4O.HI/c1-23-19(24-12-14-5-4-6-15(11-14)18(22)26)25-13-20(9-10-20)16-7-2-3-8-17(16)21;/h2-8,11H,9-10,12-13H2,1H3,(H2,22,26)(H2,23,24,25);1H. The Morgan fingerprint density at radius 1 is 1.19 bits per heavy atom. The highest BCUT2D eigenvalue weighted by Crippen LogP contribution is 2.49. The van der Waals surface area contributed by atoms with Crippen LogP contribution in [-0.2, 0) is 12.0 Å². The van der Waals surface area contributed by atoms with E-state index in [1.54, 1.807) is 19.2 Å². The third kappa shape index (κ3) is 5.44. The first-order chi connectivity index (χ1) is 12.5. The first kappa shape index (κ1) is 21.7. The van der Waals surface area contributed by atoms with Gasteiger partial charge in [-0.2, -0.15) is 0 Å². The van der Waals surface area contributed by atoms with E-state index in [0.717, 1.165) is 22.5 Å². The van der Waals surface area contributed by atoms with Crippen molar-refractivity contribution < 1.29 is 4.79 Å². The van der Waals surface area contributed by atoms with E-state index in [-0.39, 0.29) is 29.4 Å². The molecule has 0 saturated heterocycles. The molecule has 0 bridgehead atoms. The van der Waals surface area contributed by atoms with Crippen molar-refractivity contribution in [3.05, 3.63) is 69.7 Å². The van der Waals surface area contributed by atoms with Gasteiger partial charge in [-0.25, -0.2) is 0 Å². The number of rotatable bonds is 6. The number of halogens is 2. The normalized spacial score (nSPS) is 14.8. The van der Waals surface area contributed by atoms with Crippen LogP contribution in [0.4, 0.5) is 0 Å². The Morgan fingerprint density at radius 3 is 2.56 bits per heavy atom. The van der Waals surface area contributed by atoms with Gasteiger partial charge in [0.05, 0.1) is 0 Å². The highest BCUT2D eigenvalue weighted by Gasteiger charge is 2.45. The van der Waals surface area contributed by atoms with Crippen LogP contribution in [0.5, 0.6) is 0 Å². The van der Waals surface area contributed by atoms with Crippen molar-refractivity contribution in [3.63, 3.8) is 0 Å². The van der Waals surface area contributed by atoms with Gasteiger partial charge in [0, 0.05) is 35.6 Å². The second-order valence-electron chi connectivity index (χ2n) is 6.60. The maximum absolute atomic E-state index is 11.3. The van der Waals surface area contributed by atoms with Crippen LogP contribution in [0.2, 0.25) is 0 Å². The molecule has 2 aromatic rings. The van der Waals surface area contributed by atoms with Gasteiger partial charge in [0.25, 0.3) is 0 Å². The van der Waals surface area contributed by atoms with Crippen LogP contribution in [0.15, 0.2) is 58.0 Å². The number of hydrogen-bond acceptors (Lipinski definition) is 2. The number of aliphatic imine (C=N–C) groups is 1. The van der Waals surface area contributed by atoms with E-state index >= 15 is 0 Å². The average Bonchev–Trinajstić information content (AvgIpc) is 3.43. The summed E-state index contributed by atoms with van der Waals surface area (Å²) in [7, 11) is 1.76. The maximum Gasteiger partial charge on any atom is 0.248 e. The van der Waals surface area contributed by atoms with Crippen molar-refractivity contribution >= 4 is 51.8 Å². The molecule has 7 heteroatoms. The molecule has 1 aliphatic carbocycles. The number of carbonyl (C=O) groups excluding carboxylic acids is 1. The van der Waals surface area contributed by atoms with E-state index in [2.05, 4.69) is 49.8 Å². The lowest BCUT2D eigenvalue weighted by molar-refractivity contribution is 0.1000. The molecule has 0 aromatic heterocycles. The Labute approximate surface area is 185 Å². The SMILES string of the molecule is CN=C(NCc1cccc(C(N)=O)c1)NCC1(c2ccccc2Br)CC1.I. The van der Waals surface area contributed by atoms with E-state index in [0.29, 0.717) is 12.1 Å². The molecule has 0 heterocycles. The number of nitrogens with one attached hydrogen (secondary N) is 2. The van der Waals surface area contributed by atoms with Crippen molar-refractivity contribution in [3.8, 4) is 0 Å². The Hall–Kier alpha value is -1.61. The molecule has 0 spiro atoms. The lowest BCUT2D eigenvalue weighted by Gasteiger charge is -2.20. The Kier molecular flexibility index (Phi) is 7.67. The summed E-state index contributed by atoms with van der Waals surface area (Å²) in [5, 5.41) is 6.73. The van der Waals surface area contributed by atoms with E-state index in [9.17, 15) is 4.79 Å². The van der Waals surface area contributed by atoms with Crippen LogP contribution < -0.4 is 16.4 Å². The van der Waals surface area contributed by atoms with Gasteiger partial charge in [0.15, 0.2) is 5.96 Å². The number of carbonyl (C=O) groups is 1. The topological polar surface area (TPSA) is 79.5 Å². The lowest BCUT2D eigenvalue weighted by Crippen LogP contribution is -2.41. The summed E-state index contributed by atoms with van der Waals surface area (Å²) in [6.07, 6.45) is 2.33. The fraction of sp³-hybridized carbons (Fsp3) is 0.300. The molecule has 1 fully saturated rings. The quantitative estimate of drug-likeness (QED) is 0.296. The summed E-state index contributed by atoms with van der Waals surface area (Å²) in [4.78, 5) is 15.6. The highest BCUT2D eigenvalue weighted by molar-refractivity contribution is 14.0. The number of nitrogens with zero attached hydrogens (tertiary/aromatic N) is 1. The monoisotopic (exact) mass is 542 g/mol. The molecule has 1 saturated carbocycles. The van der Waals surface area contributed by atoms with E-state index in [1.165, 1.54) is 18.4 Å². The zero-order valence-corrected chi connectivity index (χ0v) is 19.1. The van der Waals surface area contributed by atoms with Gasteiger partial charge in [-0.1, -0.05) is 46.3 Å². The fourth-order valence-electron chi connectivity index (χ4n) is 3.08. The summed E-state index contributed by atoms with van der Waals surface area (Å²) >= 11 is 3.66. The summed E-state index contributed by atoms with van der Waals surface area (Å²) in [5.41, 5.74) is 8.35. The van der Waals surface area contributed by atoms with E-state index in [1.807, 2.05) is 18.2 Å². The van der Waals surface area contributed by atoms with Crippen molar-refractivity contribution in [2.75, 3.05) is 13.6 Å². The van der Waals surface area contributed by atoms with Gasteiger partial charge in [-0.15, -0.1) is 24.0 Å². The van der Waals surface area contributed by atoms with Gasteiger partial charge in [0.1, 0.15) is 0 Å². The second-order valence-corrected chi connectivity index (χ2v) is 7.46. The minimum atomic E-state index is -0.418. The molecule has 0 radical (unpaired) electrons. The van der Waals surface area contributed by atoms with Crippen LogP contribution in [0, 0.1) is 0 Å². The zero-order valence-electron chi connectivity index (χ0n) is 15.2. The van der Waals surface area contributed by atoms with Crippen LogP contribution in [0.1, 0.15) is 34.3 Å². The van der Waals surface area contributed by atoms with Gasteiger partial charge >= 0.3 is 0 Å². The van der Waals surface area contributed by atoms with E-state index in [4.69, 9.17) is 5.73 Å². The molecule has 27 heavy (non-hydrogen) atoms. The molecule has 1 amide bonds. The third-order valence-corrected chi connectivity index (χ3v) is 5.48. The Balaban J connectivity index is 0.00000261. The zero-order chi connectivity index (χ0) is 18.6. The van der Waals surface area contributed by atoms with Crippen molar-refractivity contribution in [1.29, 1.82) is 0 Å². The average molecular weight is 543 g/mol. The Morgan fingerprint density at radius 2 is 1.93 bits per heavy atom. The fourth-order valence-corrected chi connectivity index (χ4v) is 3.78.